The fourth-order valence-corrected chi connectivity index (χ4v) is 1.85. The van der Waals surface area contributed by atoms with E-state index in [2.05, 4.69) is 31.0 Å². The van der Waals surface area contributed by atoms with E-state index in [4.69, 9.17) is 4.74 Å². The molecule has 0 spiro atoms. The van der Waals surface area contributed by atoms with Gasteiger partial charge in [0.2, 0.25) is 5.88 Å². The van der Waals surface area contributed by atoms with Gasteiger partial charge in [-0.15, -0.1) is 0 Å². The van der Waals surface area contributed by atoms with E-state index in [1.54, 1.807) is 16.8 Å². The van der Waals surface area contributed by atoms with E-state index in [0.29, 0.717) is 18.3 Å². The minimum atomic E-state index is -0.299. The minimum absolute atomic E-state index is 0.299. The lowest BCUT2D eigenvalue weighted by Crippen LogP contribution is -2.22. The zero-order valence-corrected chi connectivity index (χ0v) is 11.5. The van der Waals surface area contributed by atoms with Crippen molar-refractivity contribution >= 4 is 0 Å². The second-order valence-corrected chi connectivity index (χ2v) is 4.78. The molecule has 100 valence electrons. The first kappa shape index (κ1) is 13.3. The number of methoxy groups -OCH3 is 1. The molecular formula is C15H18N2O2. The lowest BCUT2D eigenvalue weighted by atomic mass is 10.0. The first-order valence-electron chi connectivity index (χ1n) is 6.30. The van der Waals surface area contributed by atoms with E-state index in [1.165, 1.54) is 12.7 Å². The van der Waals surface area contributed by atoms with Gasteiger partial charge in [0.05, 0.1) is 13.7 Å². The molecule has 1 aromatic carbocycles. The fraction of sp³-hybridized carbons (Fsp3) is 0.333. The maximum absolute atomic E-state index is 11.8. The number of nitrogens with zero attached hydrogens (tertiary/aromatic N) is 2. The maximum atomic E-state index is 11.8. The topological polar surface area (TPSA) is 44.1 Å². The Kier molecular flexibility index (Phi) is 4.00. The summed E-state index contributed by atoms with van der Waals surface area (Å²) in [6, 6.07) is 9.98. The molecule has 0 N–H and O–H groups in total. The summed E-state index contributed by atoms with van der Waals surface area (Å²) in [5, 5.41) is 0. The third-order valence-corrected chi connectivity index (χ3v) is 3.06. The summed E-state index contributed by atoms with van der Waals surface area (Å²) in [4.78, 5) is 15.6. The molecule has 0 fully saturated rings. The molecule has 0 aliphatic heterocycles. The summed E-state index contributed by atoms with van der Waals surface area (Å²) >= 11 is 0. The van der Waals surface area contributed by atoms with Crippen LogP contribution < -0.4 is 10.4 Å². The second kappa shape index (κ2) is 5.69. The Morgan fingerprint density at radius 3 is 2.42 bits per heavy atom. The fourth-order valence-electron chi connectivity index (χ4n) is 1.85. The van der Waals surface area contributed by atoms with Crippen LogP contribution in [0.3, 0.4) is 0 Å². The van der Waals surface area contributed by atoms with Crippen molar-refractivity contribution in [2.75, 3.05) is 7.11 Å². The second-order valence-electron chi connectivity index (χ2n) is 4.78. The molecule has 0 unspecified atom stereocenters. The Hall–Kier alpha value is -2.10. The number of aromatic nitrogens is 2. The van der Waals surface area contributed by atoms with Gasteiger partial charge in [0.1, 0.15) is 0 Å². The number of hydrogen-bond donors (Lipinski definition) is 0. The van der Waals surface area contributed by atoms with E-state index in [-0.39, 0.29) is 5.69 Å². The Balaban J connectivity index is 2.19. The van der Waals surface area contributed by atoms with Gasteiger partial charge in [0.25, 0.3) is 0 Å². The van der Waals surface area contributed by atoms with Crippen LogP contribution in [0.1, 0.15) is 30.9 Å². The van der Waals surface area contributed by atoms with E-state index in [1.807, 2.05) is 12.1 Å². The average Bonchev–Trinajstić information content (AvgIpc) is 2.41. The Bertz CT molecular complexity index is 600. The van der Waals surface area contributed by atoms with Crippen LogP contribution in [0.25, 0.3) is 0 Å². The molecule has 0 amide bonds. The molecule has 19 heavy (non-hydrogen) atoms. The summed E-state index contributed by atoms with van der Waals surface area (Å²) < 4.78 is 6.48. The minimum Gasteiger partial charge on any atom is -0.481 e. The van der Waals surface area contributed by atoms with Crippen molar-refractivity contribution < 1.29 is 4.74 Å². The molecule has 0 saturated heterocycles. The Morgan fingerprint density at radius 2 is 1.89 bits per heavy atom. The van der Waals surface area contributed by atoms with Crippen LogP contribution in [-0.2, 0) is 6.54 Å². The standard InChI is InChI=1S/C15H18N2O2/c1-11(2)13-6-4-12(5-7-13)10-17-9-8-14(19-3)16-15(17)18/h4-9,11H,10H2,1-3H3. The molecular weight excluding hydrogens is 240 g/mol. The van der Waals surface area contributed by atoms with Crippen LogP contribution in [0.2, 0.25) is 0 Å². The first-order chi connectivity index (χ1) is 9.10. The SMILES string of the molecule is COc1ccn(Cc2ccc(C(C)C)cc2)c(=O)n1. The van der Waals surface area contributed by atoms with E-state index >= 15 is 0 Å². The van der Waals surface area contributed by atoms with Crippen LogP contribution in [-0.4, -0.2) is 16.7 Å². The van der Waals surface area contributed by atoms with Crippen LogP contribution in [0.5, 0.6) is 5.88 Å². The molecule has 0 aliphatic rings. The van der Waals surface area contributed by atoms with Crippen molar-refractivity contribution in [3.63, 3.8) is 0 Å². The van der Waals surface area contributed by atoms with Crippen molar-refractivity contribution in [3.05, 3.63) is 58.1 Å². The molecule has 0 bridgehead atoms. The third kappa shape index (κ3) is 3.22. The van der Waals surface area contributed by atoms with E-state index in [0.717, 1.165) is 5.56 Å². The smallest absolute Gasteiger partial charge is 0.351 e. The summed E-state index contributed by atoms with van der Waals surface area (Å²) in [7, 11) is 1.50. The van der Waals surface area contributed by atoms with Crippen LogP contribution >= 0.6 is 0 Å². The zero-order chi connectivity index (χ0) is 13.8. The highest BCUT2D eigenvalue weighted by atomic mass is 16.5. The number of hydrogen-bond acceptors (Lipinski definition) is 3. The maximum Gasteiger partial charge on any atom is 0.351 e. The number of rotatable bonds is 4. The Labute approximate surface area is 112 Å². The molecule has 4 heteroatoms. The molecule has 2 rings (SSSR count). The van der Waals surface area contributed by atoms with Gasteiger partial charge in [0, 0.05) is 12.3 Å². The highest BCUT2D eigenvalue weighted by Gasteiger charge is 2.03. The number of benzene rings is 1. The average molecular weight is 258 g/mol. The lowest BCUT2D eigenvalue weighted by molar-refractivity contribution is 0.392. The van der Waals surface area contributed by atoms with Gasteiger partial charge < -0.3 is 4.74 Å². The predicted octanol–water partition coefficient (Wildman–Crippen LogP) is 2.42. The van der Waals surface area contributed by atoms with Gasteiger partial charge in [-0.2, -0.15) is 4.98 Å². The lowest BCUT2D eigenvalue weighted by Gasteiger charge is -2.08. The van der Waals surface area contributed by atoms with Gasteiger partial charge in [-0.1, -0.05) is 38.1 Å². The molecule has 1 aromatic heterocycles. The van der Waals surface area contributed by atoms with Crippen molar-refractivity contribution in [1.82, 2.24) is 9.55 Å². The van der Waals surface area contributed by atoms with Crippen molar-refractivity contribution in [3.8, 4) is 5.88 Å². The highest BCUT2D eigenvalue weighted by Crippen LogP contribution is 2.15. The van der Waals surface area contributed by atoms with Gasteiger partial charge in [-0.25, -0.2) is 4.79 Å². The molecule has 0 atom stereocenters. The summed E-state index contributed by atoms with van der Waals surface area (Å²) in [6.45, 7) is 4.84. The quantitative estimate of drug-likeness (QED) is 0.846. The van der Waals surface area contributed by atoms with Crippen LogP contribution in [0.4, 0.5) is 0 Å². The molecule has 0 radical (unpaired) electrons. The molecule has 2 aromatic rings. The largest absolute Gasteiger partial charge is 0.481 e. The number of ether oxygens (including phenoxy) is 1. The summed E-state index contributed by atoms with van der Waals surface area (Å²) in [6.07, 6.45) is 1.70. The molecule has 0 aliphatic carbocycles. The molecule has 0 saturated carbocycles. The van der Waals surface area contributed by atoms with Gasteiger partial charge in [-0.05, 0) is 17.0 Å². The van der Waals surface area contributed by atoms with Crippen molar-refractivity contribution in [2.45, 2.75) is 26.3 Å². The van der Waals surface area contributed by atoms with E-state index in [9.17, 15) is 4.79 Å². The van der Waals surface area contributed by atoms with Gasteiger partial charge >= 0.3 is 5.69 Å². The molecule has 1 heterocycles. The predicted molar refractivity (Wildman–Crippen MR) is 74.7 cm³/mol. The third-order valence-electron chi connectivity index (χ3n) is 3.06. The van der Waals surface area contributed by atoms with Gasteiger partial charge in [-0.3, -0.25) is 4.57 Å². The van der Waals surface area contributed by atoms with Crippen molar-refractivity contribution in [2.24, 2.45) is 0 Å². The zero-order valence-electron chi connectivity index (χ0n) is 11.5. The normalized spacial score (nSPS) is 10.7. The van der Waals surface area contributed by atoms with Crippen LogP contribution in [0.15, 0.2) is 41.3 Å². The summed E-state index contributed by atoms with van der Waals surface area (Å²) in [5.41, 5.74) is 2.08. The van der Waals surface area contributed by atoms with Gasteiger partial charge in [0.15, 0.2) is 0 Å². The Morgan fingerprint density at radius 1 is 1.21 bits per heavy atom. The van der Waals surface area contributed by atoms with Crippen LogP contribution in [0, 0.1) is 0 Å². The molecule has 4 nitrogen and oxygen atoms in total. The highest BCUT2D eigenvalue weighted by molar-refractivity contribution is 5.25. The first-order valence-corrected chi connectivity index (χ1v) is 6.30. The van der Waals surface area contributed by atoms with Crippen molar-refractivity contribution in [1.29, 1.82) is 0 Å². The monoisotopic (exact) mass is 258 g/mol. The van der Waals surface area contributed by atoms with E-state index < -0.39 is 0 Å². The summed E-state index contributed by atoms with van der Waals surface area (Å²) in [5.74, 6) is 0.857.